The van der Waals surface area contributed by atoms with Crippen LogP contribution in [-0.4, -0.2) is 9.97 Å². The van der Waals surface area contributed by atoms with E-state index in [2.05, 4.69) is 54.2 Å². The van der Waals surface area contributed by atoms with Crippen molar-refractivity contribution in [3.8, 4) is 17.5 Å². The van der Waals surface area contributed by atoms with Gasteiger partial charge in [0.05, 0.1) is 11.5 Å². The van der Waals surface area contributed by atoms with Crippen molar-refractivity contribution in [1.82, 2.24) is 9.97 Å². The van der Waals surface area contributed by atoms with Gasteiger partial charge in [0.15, 0.2) is 5.82 Å². The Morgan fingerprint density at radius 3 is 2.16 bits per heavy atom. The number of aromatic nitrogens is 2. The SMILES string of the molecule is CCCCCCCc1cnc(-c2ccc(C3CCC(C#N)(CCCC)CC3)cc2)nc1. The van der Waals surface area contributed by atoms with Crippen molar-refractivity contribution in [2.24, 2.45) is 5.41 Å². The van der Waals surface area contributed by atoms with Gasteiger partial charge in [-0.1, -0.05) is 76.6 Å². The molecule has 2 aromatic rings. The highest BCUT2D eigenvalue weighted by molar-refractivity contribution is 5.55. The number of benzene rings is 1. The zero-order valence-electron chi connectivity index (χ0n) is 19.6. The molecule has 1 aromatic heterocycles. The minimum atomic E-state index is -0.0714. The molecule has 1 aliphatic rings. The van der Waals surface area contributed by atoms with Crippen molar-refractivity contribution in [1.29, 1.82) is 5.26 Å². The van der Waals surface area contributed by atoms with Crippen LogP contribution >= 0.6 is 0 Å². The van der Waals surface area contributed by atoms with Gasteiger partial charge >= 0.3 is 0 Å². The fourth-order valence-electron chi connectivity index (χ4n) is 4.91. The predicted octanol–water partition coefficient (Wildman–Crippen LogP) is 8.01. The molecule has 0 bridgehead atoms. The van der Waals surface area contributed by atoms with Gasteiger partial charge in [-0.2, -0.15) is 5.26 Å². The number of nitrogens with zero attached hydrogens (tertiary/aromatic N) is 3. The van der Waals surface area contributed by atoms with Crippen LogP contribution in [0.5, 0.6) is 0 Å². The summed E-state index contributed by atoms with van der Waals surface area (Å²) < 4.78 is 0. The van der Waals surface area contributed by atoms with E-state index in [1.807, 2.05) is 12.4 Å². The van der Waals surface area contributed by atoms with Crippen LogP contribution in [0.2, 0.25) is 0 Å². The third-order valence-electron chi connectivity index (χ3n) is 7.10. The highest BCUT2D eigenvalue weighted by Gasteiger charge is 2.35. The average Bonchev–Trinajstić information content (AvgIpc) is 2.83. The van der Waals surface area contributed by atoms with Gasteiger partial charge in [-0.25, -0.2) is 9.97 Å². The summed E-state index contributed by atoms with van der Waals surface area (Å²) in [6.07, 6.45) is 19.3. The summed E-state index contributed by atoms with van der Waals surface area (Å²) in [4.78, 5) is 9.24. The second-order valence-electron chi connectivity index (χ2n) is 9.47. The number of unbranched alkanes of at least 4 members (excludes halogenated alkanes) is 5. The lowest BCUT2D eigenvalue weighted by Crippen LogP contribution is -2.25. The van der Waals surface area contributed by atoms with Crippen molar-refractivity contribution in [3.63, 3.8) is 0 Å². The topological polar surface area (TPSA) is 49.6 Å². The van der Waals surface area contributed by atoms with E-state index >= 15 is 0 Å². The van der Waals surface area contributed by atoms with Crippen LogP contribution < -0.4 is 0 Å². The molecule has 3 rings (SSSR count). The second-order valence-corrected chi connectivity index (χ2v) is 9.47. The fraction of sp³-hybridized carbons (Fsp3) is 0.607. The lowest BCUT2D eigenvalue weighted by molar-refractivity contribution is 0.224. The number of aryl methyl sites for hydroxylation is 1. The zero-order chi connectivity index (χ0) is 21.9. The third kappa shape index (κ3) is 6.63. The molecule has 0 atom stereocenters. The van der Waals surface area contributed by atoms with Gasteiger partial charge in [-0.05, 0) is 62.0 Å². The Bertz CT molecular complexity index is 809. The summed E-state index contributed by atoms with van der Waals surface area (Å²) in [7, 11) is 0. The van der Waals surface area contributed by atoms with Gasteiger partial charge in [0, 0.05) is 18.0 Å². The Kier molecular flexibility index (Phi) is 9.07. The van der Waals surface area contributed by atoms with Crippen LogP contribution in [0.25, 0.3) is 11.4 Å². The van der Waals surface area contributed by atoms with E-state index < -0.39 is 0 Å². The molecule has 166 valence electrons. The van der Waals surface area contributed by atoms with E-state index in [4.69, 9.17) is 0 Å². The van der Waals surface area contributed by atoms with Crippen LogP contribution in [0.3, 0.4) is 0 Å². The molecule has 3 nitrogen and oxygen atoms in total. The summed E-state index contributed by atoms with van der Waals surface area (Å²) in [6, 6.07) is 11.5. The molecule has 1 saturated carbocycles. The second kappa shape index (κ2) is 12.0. The van der Waals surface area contributed by atoms with Gasteiger partial charge < -0.3 is 0 Å². The van der Waals surface area contributed by atoms with E-state index in [1.54, 1.807) is 0 Å². The first-order valence-electron chi connectivity index (χ1n) is 12.5. The van der Waals surface area contributed by atoms with Crippen molar-refractivity contribution in [2.75, 3.05) is 0 Å². The molecule has 0 aliphatic heterocycles. The zero-order valence-corrected chi connectivity index (χ0v) is 19.6. The van der Waals surface area contributed by atoms with Gasteiger partial charge in [0.25, 0.3) is 0 Å². The number of hydrogen-bond acceptors (Lipinski definition) is 3. The van der Waals surface area contributed by atoms with Crippen LogP contribution in [0, 0.1) is 16.7 Å². The third-order valence-corrected chi connectivity index (χ3v) is 7.10. The predicted molar refractivity (Wildman–Crippen MR) is 129 cm³/mol. The minimum absolute atomic E-state index is 0.0714. The molecular weight excluding hydrogens is 378 g/mol. The van der Waals surface area contributed by atoms with Gasteiger partial charge in [-0.15, -0.1) is 0 Å². The van der Waals surface area contributed by atoms with Crippen LogP contribution in [0.15, 0.2) is 36.7 Å². The maximum absolute atomic E-state index is 9.73. The summed E-state index contributed by atoms with van der Waals surface area (Å²) in [5.74, 6) is 1.39. The largest absolute Gasteiger partial charge is 0.236 e. The normalized spacial score (nSPS) is 21.0. The first-order chi connectivity index (χ1) is 15.2. The van der Waals surface area contributed by atoms with Crippen molar-refractivity contribution in [3.05, 3.63) is 47.8 Å². The molecule has 0 amide bonds. The number of nitriles is 1. The standard InChI is InChI=1S/C28H39N3/c1-3-5-7-8-9-10-23-20-30-27(31-21-23)26-13-11-24(12-14-26)25-15-18-28(22-29,19-16-25)17-6-4-2/h11-14,20-21,25H,3-10,15-19H2,1-2H3. The number of hydrogen-bond donors (Lipinski definition) is 0. The molecule has 0 radical (unpaired) electrons. The molecule has 1 aromatic carbocycles. The molecule has 31 heavy (non-hydrogen) atoms. The lowest BCUT2D eigenvalue weighted by atomic mass is 9.67. The van der Waals surface area contributed by atoms with E-state index in [-0.39, 0.29) is 5.41 Å². The van der Waals surface area contributed by atoms with E-state index in [0.29, 0.717) is 5.92 Å². The summed E-state index contributed by atoms with van der Waals surface area (Å²) in [5.41, 5.74) is 3.65. The average molecular weight is 418 g/mol. The Labute approximate surface area is 189 Å². The smallest absolute Gasteiger partial charge is 0.159 e. The fourth-order valence-corrected chi connectivity index (χ4v) is 4.91. The first kappa shape index (κ1) is 23.5. The quantitative estimate of drug-likeness (QED) is 0.348. The molecule has 0 unspecified atom stereocenters. The molecule has 1 aliphatic carbocycles. The molecule has 0 saturated heterocycles. The van der Waals surface area contributed by atoms with Crippen LogP contribution in [-0.2, 0) is 6.42 Å². The minimum Gasteiger partial charge on any atom is -0.236 e. The highest BCUT2D eigenvalue weighted by Crippen LogP contribution is 2.45. The Balaban J connectivity index is 1.53. The summed E-state index contributed by atoms with van der Waals surface area (Å²) in [6.45, 7) is 4.46. The molecule has 1 heterocycles. The lowest BCUT2D eigenvalue weighted by Gasteiger charge is -2.35. The Morgan fingerprint density at radius 2 is 1.55 bits per heavy atom. The molecule has 0 spiro atoms. The highest BCUT2D eigenvalue weighted by atomic mass is 14.9. The molecular formula is C28H39N3. The maximum Gasteiger partial charge on any atom is 0.159 e. The first-order valence-corrected chi connectivity index (χ1v) is 12.5. The van der Waals surface area contributed by atoms with Gasteiger partial charge in [-0.3, -0.25) is 0 Å². The maximum atomic E-state index is 9.73. The number of rotatable bonds is 11. The summed E-state index contributed by atoms with van der Waals surface area (Å²) in [5, 5.41) is 9.73. The Hall–Kier alpha value is -2.21. The van der Waals surface area contributed by atoms with E-state index in [9.17, 15) is 5.26 Å². The van der Waals surface area contributed by atoms with Crippen molar-refractivity contribution >= 4 is 0 Å². The van der Waals surface area contributed by atoms with E-state index in [1.165, 1.54) is 56.1 Å². The monoisotopic (exact) mass is 417 g/mol. The summed E-state index contributed by atoms with van der Waals surface area (Å²) >= 11 is 0. The molecule has 3 heteroatoms. The van der Waals surface area contributed by atoms with Crippen LogP contribution in [0.1, 0.15) is 108 Å². The molecule has 1 fully saturated rings. The van der Waals surface area contributed by atoms with Crippen LogP contribution in [0.4, 0.5) is 0 Å². The van der Waals surface area contributed by atoms with Crippen molar-refractivity contribution < 1.29 is 0 Å². The van der Waals surface area contributed by atoms with Gasteiger partial charge in [0.1, 0.15) is 0 Å². The van der Waals surface area contributed by atoms with Gasteiger partial charge in [0.2, 0.25) is 0 Å². The van der Waals surface area contributed by atoms with E-state index in [0.717, 1.165) is 49.9 Å². The van der Waals surface area contributed by atoms with Crippen molar-refractivity contribution in [2.45, 2.75) is 103 Å². The Morgan fingerprint density at radius 1 is 0.903 bits per heavy atom. The molecule has 0 N–H and O–H groups in total.